The largest absolute Gasteiger partial charge is 1.00 e. The van der Waals surface area contributed by atoms with Crippen LogP contribution in [0.5, 0.6) is 0 Å². The summed E-state index contributed by atoms with van der Waals surface area (Å²) in [5.74, 6) is -0.999. The number of hydrogen-bond donors (Lipinski definition) is 0. The molecular weight excluding hydrogens is 211 g/mol. The average molecular weight is 228 g/mol. The maximum absolute atomic E-state index is 10.7. The van der Waals surface area contributed by atoms with Gasteiger partial charge >= 0.3 is 29.6 Å². The normalized spacial score (nSPS) is 10.8. The number of carbonyl (C=O) groups excluding carboxylic acids is 1. The van der Waals surface area contributed by atoms with Gasteiger partial charge in [-0.3, -0.25) is 0 Å². The Labute approximate surface area is 119 Å². The summed E-state index contributed by atoms with van der Waals surface area (Å²) in [5.41, 5.74) is 3.01. The van der Waals surface area contributed by atoms with Crippen molar-refractivity contribution in [2.24, 2.45) is 0 Å². The van der Waals surface area contributed by atoms with Gasteiger partial charge in [0.05, 0.1) is 0 Å². The van der Waals surface area contributed by atoms with Crippen molar-refractivity contribution in [2.45, 2.75) is 39.5 Å². The molecule has 0 amide bonds. The summed E-state index contributed by atoms with van der Waals surface area (Å²) in [6.45, 7) is 7.89. The Balaban J connectivity index is 0.00000225. The molecule has 1 aromatic rings. The fourth-order valence-corrected chi connectivity index (χ4v) is 1.92. The van der Waals surface area contributed by atoms with Crippen LogP contribution in [0, 0.1) is 13.8 Å². The van der Waals surface area contributed by atoms with Crippen molar-refractivity contribution in [3.05, 3.63) is 34.9 Å². The van der Waals surface area contributed by atoms with Crippen molar-refractivity contribution in [1.29, 1.82) is 0 Å². The Morgan fingerprint density at radius 1 is 1.31 bits per heavy atom. The third kappa shape index (κ3) is 3.93. The Hall–Kier alpha value is -0.310. The number of benzene rings is 1. The summed E-state index contributed by atoms with van der Waals surface area (Å²) >= 11 is 0. The fourth-order valence-electron chi connectivity index (χ4n) is 1.92. The number of rotatable bonds is 3. The van der Waals surface area contributed by atoms with Gasteiger partial charge in [0.1, 0.15) is 0 Å². The predicted molar refractivity (Wildman–Crippen MR) is 58.6 cm³/mol. The van der Waals surface area contributed by atoms with Crippen molar-refractivity contribution in [3.63, 3.8) is 0 Å². The second-order valence-corrected chi connectivity index (χ2v) is 4.75. The van der Waals surface area contributed by atoms with Crippen LogP contribution in [0.3, 0.4) is 0 Å². The van der Waals surface area contributed by atoms with Crippen LogP contribution in [-0.2, 0) is 10.2 Å². The molecule has 0 saturated heterocycles. The molecule has 1 rings (SSSR count). The zero-order chi connectivity index (χ0) is 11.6. The maximum atomic E-state index is 10.7. The molecule has 0 fully saturated rings. The van der Waals surface area contributed by atoms with E-state index in [2.05, 4.69) is 6.07 Å². The molecule has 0 aliphatic rings. The Bertz CT molecular complexity index is 384. The standard InChI is InChI=1S/C13H18O2.Na/c1-9-5-6-10(2)11(7-9)13(3,4)8-12(14)15;/h5-7H,8H2,1-4H3,(H,14,15);/q;+1/p-1. The van der Waals surface area contributed by atoms with E-state index in [1.807, 2.05) is 39.8 Å². The summed E-state index contributed by atoms with van der Waals surface area (Å²) in [6.07, 6.45) is 0.0529. The van der Waals surface area contributed by atoms with Crippen molar-refractivity contribution < 1.29 is 39.5 Å². The topological polar surface area (TPSA) is 40.1 Å². The van der Waals surface area contributed by atoms with Gasteiger partial charge in [-0.2, -0.15) is 0 Å². The molecule has 0 saturated carbocycles. The molecular formula is C13H17NaO2. The Kier molecular flexibility index (Phi) is 5.74. The molecule has 0 unspecified atom stereocenters. The van der Waals surface area contributed by atoms with E-state index in [0.717, 1.165) is 16.7 Å². The fraction of sp³-hybridized carbons (Fsp3) is 0.462. The summed E-state index contributed by atoms with van der Waals surface area (Å²) in [5, 5.41) is 10.7. The van der Waals surface area contributed by atoms with Crippen molar-refractivity contribution in [2.75, 3.05) is 0 Å². The van der Waals surface area contributed by atoms with Gasteiger partial charge in [-0.05, 0) is 36.8 Å². The molecule has 16 heavy (non-hydrogen) atoms. The smallest absolute Gasteiger partial charge is 0.550 e. The van der Waals surface area contributed by atoms with Crippen molar-refractivity contribution >= 4 is 5.97 Å². The molecule has 0 heterocycles. The summed E-state index contributed by atoms with van der Waals surface area (Å²) in [7, 11) is 0. The Morgan fingerprint density at radius 2 is 1.88 bits per heavy atom. The molecule has 0 aliphatic carbocycles. The van der Waals surface area contributed by atoms with Gasteiger partial charge < -0.3 is 9.90 Å². The second kappa shape index (κ2) is 5.85. The van der Waals surface area contributed by atoms with E-state index in [4.69, 9.17) is 0 Å². The van der Waals surface area contributed by atoms with Crippen molar-refractivity contribution in [1.82, 2.24) is 0 Å². The maximum Gasteiger partial charge on any atom is 1.00 e. The molecule has 0 spiro atoms. The first kappa shape index (κ1) is 15.7. The number of hydrogen-bond acceptors (Lipinski definition) is 2. The second-order valence-electron chi connectivity index (χ2n) is 4.75. The molecule has 0 radical (unpaired) electrons. The van der Waals surface area contributed by atoms with Crippen LogP contribution in [-0.4, -0.2) is 5.97 Å². The quantitative estimate of drug-likeness (QED) is 0.605. The van der Waals surface area contributed by atoms with E-state index < -0.39 is 5.97 Å². The molecule has 82 valence electrons. The molecule has 0 bridgehead atoms. The van der Waals surface area contributed by atoms with E-state index >= 15 is 0 Å². The molecule has 0 aromatic heterocycles. The average Bonchev–Trinajstić information content (AvgIpc) is 2.06. The molecule has 1 aromatic carbocycles. The van der Waals surface area contributed by atoms with Gasteiger partial charge in [-0.1, -0.05) is 37.6 Å². The minimum atomic E-state index is -0.999. The third-order valence-electron chi connectivity index (χ3n) is 2.71. The van der Waals surface area contributed by atoms with E-state index in [1.54, 1.807) is 0 Å². The number of aliphatic carboxylic acids is 1. The van der Waals surface area contributed by atoms with Crippen LogP contribution in [0.25, 0.3) is 0 Å². The summed E-state index contributed by atoms with van der Waals surface area (Å²) in [6, 6.07) is 6.12. The van der Waals surface area contributed by atoms with E-state index in [0.29, 0.717) is 0 Å². The molecule has 0 atom stereocenters. The summed E-state index contributed by atoms with van der Waals surface area (Å²) in [4.78, 5) is 10.7. The molecule has 0 N–H and O–H groups in total. The van der Waals surface area contributed by atoms with Crippen LogP contribution >= 0.6 is 0 Å². The van der Waals surface area contributed by atoms with Crippen LogP contribution in [0.15, 0.2) is 18.2 Å². The van der Waals surface area contributed by atoms with Crippen LogP contribution < -0.4 is 34.7 Å². The minimum Gasteiger partial charge on any atom is -0.550 e. The van der Waals surface area contributed by atoms with Gasteiger partial charge in [-0.15, -0.1) is 0 Å². The molecule has 3 heteroatoms. The van der Waals surface area contributed by atoms with E-state index in [1.165, 1.54) is 0 Å². The first-order chi connectivity index (χ1) is 6.83. The van der Waals surface area contributed by atoms with Crippen LogP contribution in [0.4, 0.5) is 0 Å². The van der Waals surface area contributed by atoms with Gasteiger partial charge in [-0.25, -0.2) is 0 Å². The minimum absolute atomic E-state index is 0. The van der Waals surface area contributed by atoms with Gasteiger partial charge in [0, 0.05) is 5.97 Å². The first-order valence-corrected chi connectivity index (χ1v) is 5.10. The molecule has 0 aliphatic heterocycles. The predicted octanol–water partition coefficient (Wildman–Crippen LogP) is -1.27. The van der Waals surface area contributed by atoms with E-state index in [9.17, 15) is 9.90 Å². The van der Waals surface area contributed by atoms with Crippen LogP contribution in [0.1, 0.15) is 37.0 Å². The van der Waals surface area contributed by atoms with Crippen molar-refractivity contribution in [3.8, 4) is 0 Å². The molecule has 2 nitrogen and oxygen atoms in total. The summed E-state index contributed by atoms with van der Waals surface area (Å²) < 4.78 is 0. The SMILES string of the molecule is Cc1ccc(C)c(C(C)(C)CC(=O)[O-])c1.[Na+]. The van der Waals surface area contributed by atoms with E-state index in [-0.39, 0.29) is 41.4 Å². The van der Waals surface area contributed by atoms with Gasteiger partial charge in [0.2, 0.25) is 0 Å². The zero-order valence-electron chi connectivity index (χ0n) is 10.8. The van der Waals surface area contributed by atoms with Crippen LogP contribution in [0.2, 0.25) is 0 Å². The monoisotopic (exact) mass is 228 g/mol. The van der Waals surface area contributed by atoms with Gasteiger partial charge in [0.25, 0.3) is 0 Å². The third-order valence-corrected chi connectivity index (χ3v) is 2.71. The van der Waals surface area contributed by atoms with Gasteiger partial charge in [0.15, 0.2) is 0 Å². The zero-order valence-corrected chi connectivity index (χ0v) is 12.8. The number of aryl methyl sites for hydroxylation is 2. The number of carbonyl (C=O) groups is 1. The number of carboxylic acids is 1. The Morgan fingerprint density at radius 3 is 2.38 bits per heavy atom. The first-order valence-electron chi connectivity index (χ1n) is 5.10. The number of carboxylic acid groups (broad SMARTS) is 1.